The Bertz CT molecular complexity index is 540. The van der Waals surface area contributed by atoms with E-state index in [0.717, 1.165) is 0 Å². The van der Waals surface area contributed by atoms with Crippen LogP contribution < -0.4 is 4.74 Å². The predicted octanol–water partition coefficient (Wildman–Crippen LogP) is 2.13. The second kappa shape index (κ2) is 5.18. The van der Waals surface area contributed by atoms with Crippen molar-refractivity contribution in [2.45, 2.75) is 19.6 Å². The molecule has 0 saturated carbocycles. The SMILES string of the molecule is CCn1ccnc1C(O)c1c(F)cccc1OC. The summed E-state index contributed by atoms with van der Waals surface area (Å²) >= 11 is 0. The van der Waals surface area contributed by atoms with E-state index in [4.69, 9.17) is 4.74 Å². The third-order valence-corrected chi connectivity index (χ3v) is 2.84. The van der Waals surface area contributed by atoms with Crippen molar-refractivity contribution in [2.75, 3.05) is 7.11 Å². The van der Waals surface area contributed by atoms with E-state index < -0.39 is 11.9 Å². The number of aryl methyl sites for hydroxylation is 1. The minimum Gasteiger partial charge on any atom is -0.496 e. The average molecular weight is 250 g/mol. The van der Waals surface area contributed by atoms with Gasteiger partial charge in [-0.3, -0.25) is 0 Å². The molecule has 1 aromatic heterocycles. The van der Waals surface area contributed by atoms with Crippen LogP contribution in [0.2, 0.25) is 0 Å². The first-order chi connectivity index (χ1) is 8.69. The molecule has 2 rings (SSSR count). The summed E-state index contributed by atoms with van der Waals surface area (Å²) in [5.41, 5.74) is 0.112. The number of rotatable bonds is 4. The Labute approximate surface area is 105 Å². The molecule has 1 atom stereocenters. The maximum atomic E-state index is 13.8. The molecule has 4 nitrogen and oxygen atoms in total. The van der Waals surface area contributed by atoms with Gasteiger partial charge in [-0.05, 0) is 19.1 Å². The van der Waals surface area contributed by atoms with Crippen molar-refractivity contribution in [1.29, 1.82) is 0 Å². The van der Waals surface area contributed by atoms with Crippen LogP contribution in [0.5, 0.6) is 5.75 Å². The van der Waals surface area contributed by atoms with E-state index in [-0.39, 0.29) is 5.56 Å². The fraction of sp³-hybridized carbons (Fsp3) is 0.308. The van der Waals surface area contributed by atoms with Crippen LogP contribution in [0.4, 0.5) is 4.39 Å². The summed E-state index contributed by atoms with van der Waals surface area (Å²) < 4.78 is 20.7. The third kappa shape index (κ3) is 2.09. The number of nitrogens with zero attached hydrogens (tertiary/aromatic N) is 2. The number of hydrogen-bond donors (Lipinski definition) is 1. The van der Waals surface area contributed by atoms with Crippen molar-refractivity contribution in [1.82, 2.24) is 9.55 Å². The predicted molar refractivity (Wildman–Crippen MR) is 64.9 cm³/mol. The van der Waals surface area contributed by atoms with Gasteiger partial charge in [-0.15, -0.1) is 0 Å². The van der Waals surface area contributed by atoms with Gasteiger partial charge in [0, 0.05) is 18.9 Å². The Hall–Kier alpha value is -1.88. The van der Waals surface area contributed by atoms with Crippen molar-refractivity contribution >= 4 is 0 Å². The summed E-state index contributed by atoms with van der Waals surface area (Å²) in [5.74, 6) is 0.210. The molecular formula is C13H15FN2O2. The molecule has 1 heterocycles. The second-order valence-electron chi connectivity index (χ2n) is 3.83. The molecule has 5 heteroatoms. The molecule has 0 spiro atoms. The van der Waals surface area contributed by atoms with Gasteiger partial charge in [-0.2, -0.15) is 0 Å². The van der Waals surface area contributed by atoms with Crippen LogP contribution in [0, 0.1) is 5.82 Å². The largest absolute Gasteiger partial charge is 0.496 e. The lowest BCUT2D eigenvalue weighted by Crippen LogP contribution is -2.11. The minimum atomic E-state index is -1.14. The number of aliphatic hydroxyl groups excluding tert-OH is 1. The zero-order valence-corrected chi connectivity index (χ0v) is 10.3. The summed E-state index contributed by atoms with van der Waals surface area (Å²) in [4.78, 5) is 4.07. The molecule has 0 bridgehead atoms. The molecule has 0 aliphatic carbocycles. The number of ether oxygens (including phenoxy) is 1. The van der Waals surface area contributed by atoms with E-state index in [0.29, 0.717) is 18.1 Å². The summed E-state index contributed by atoms with van der Waals surface area (Å²) in [6.07, 6.45) is 2.18. The maximum absolute atomic E-state index is 13.8. The zero-order valence-electron chi connectivity index (χ0n) is 10.3. The third-order valence-electron chi connectivity index (χ3n) is 2.84. The number of imidazole rings is 1. The summed E-state index contributed by atoms with van der Waals surface area (Å²) in [6, 6.07) is 4.44. The molecule has 18 heavy (non-hydrogen) atoms. The van der Waals surface area contributed by atoms with E-state index in [2.05, 4.69) is 4.98 Å². The topological polar surface area (TPSA) is 47.3 Å². The lowest BCUT2D eigenvalue weighted by atomic mass is 10.1. The maximum Gasteiger partial charge on any atom is 0.143 e. The lowest BCUT2D eigenvalue weighted by Gasteiger charge is -2.16. The second-order valence-corrected chi connectivity index (χ2v) is 3.83. The molecule has 96 valence electrons. The Morgan fingerprint density at radius 1 is 1.50 bits per heavy atom. The van der Waals surface area contributed by atoms with Crippen LogP contribution in [-0.4, -0.2) is 21.8 Å². The van der Waals surface area contributed by atoms with Crippen molar-refractivity contribution in [3.05, 3.63) is 47.8 Å². The van der Waals surface area contributed by atoms with Crippen LogP contribution >= 0.6 is 0 Å². The molecule has 0 aliphatic heterocycles. The van der Waals surface area contributed by atoms with Gasteiger partial charge in [-0.1, -0.05) is 6.07 Å². The molecule has 0 radical (unpaired) electrons. The van der Waals surface area contributed by atoms with E-state index >= 15 is 0 Å². The van der Waals surface area contributed by atoms with E-state index in [1.807, 2.05) is 6.92 Å². The Balaban J connectivity index is 2.49. The molecule has 1 N–H and O–H groups in total. The monoisotopic (exact) mass is 250 g/mol. The number of hydrogen-bond acceptors (Lipinski definition) is 3. The highest BCUT2D eigenvalue weighted by atomic mass is 19.1. The lowest BCUT2D eigenvalue weighted by molar-refractivity contribution is 0.194. The van der Waals surface area contributed by atoms with Crippen LogP contribution in [0.15, 0.2) is 30.6 Å². The Morgan fingerprint density at radius 2 is 2.28 bits per heavy atom. The van der Waals surface area contributed by atoms with Gasteiger partial charge in [0.15, 0.2) is 0 Å². The highest BCUT2D eigenvalue weighted by Crippen LogP contribution is 2.31. The molecule has 0 saturated heterocycles. The van der Waals surface area contributed by atoms with Gasteiger partial charge in [0.2, 0.25) is 0 Å². The fourth-order valence-electron chi connectivity index (χ4n) is 1.93. The van der Waals surface area contributed by atoms with Crippen LogP contribution in [-0.2, 0) is 6.54 Å². The Kier molecular flexibility index (Phi) is 3.62. The van der Waals surface area contributed by atoms with Crippen molar-refractivity contribution in [2.24, 2.45) is 0 Å². The summed E-state index contributed by atoms with van der Waals surface area (Å²) in [7, 11) is 1.44. The summed E-state index contributed by atoms with van der Waals surface area (Å²) in [5, 5.41) is 10.3. The molecule has 1 aromatic carbocycles. The zero-order chi connectivity index (χ0) is 13.1. The van der Waals surface area contributed by atoms with Crippen LogP contribution in [0.25, 0.3) is 0 Å². The van der Waals surface area contributed by atoms with E-state index in [1.165, 1.54) is 19.2 Å². The van der Waals surface area contributed by atoms with Gasteiger partial charge >= 0.3 is 0 Å². The first-order valence-corrected chi connectivity index (χ1v) is 5.70. The minimum absolute atomic E-state index is 0.112. The van der Waals surface area contributed by atoms with Crippen molar-refractivity contribution in [3.8, 4) is 5.75 Å². The van der Waals surface area contributed by atoms with Crippen molar-refractivity contribution < 1.29 is 14.2 Å². The quantitative estimate of drug-likeness (QED) is 0.904. The smallest absolute Gasteiger partial charge is 0.143 e. The Morgan fingerprint density at radius 3 is 2.94 bits per heavy atom. The molecule has 1 unspecified atom stereocenters. The van der Waals surface area contributed by atoms with Crippen molar-refractivity contribution in [3.63, 3.8) is 0 Å². The first kappa shape index (κ1) is 12.6. The van der Waals surface area contributed by atoms with Gasteiger partial charge in [0.25, 0.3) is 0 Å². The van der Waals surface area contributed by atoms with E-state index in [9.17, 15) is 9.50 Å². The van der Waals surface area contributed by atoms with Gasteiger partial charge in [-0.25, -0.2) is 9.37 Å². The van der Waals surface area contributed by atoms with Gasteiger partial charge in [0.1, 0.15) is 23.5 Å². The summed E-state index contributed by atoms with van der Waals surface area (Å²) in [6.45, 7) is 2.58. The number of aliphatic hydroxyl groups is 1. The average Bonchev–Trinajstić information content (AvgIpc) is 2.85. The number of benzene rings is 1. The molecule has 2 aromatic rings. The van der Waals surface area contributed by atoms with E-state index in [1.54, 1.807) is 23.0 Å². The van der Waals surface area contributed by atoms with Gasteiger partial charge < -0.3 is 14.4 Å². The standard InChI is InChI=1S/C13H15FN2O2/c1-3-16-8-7-15-13(16)12(17)11-9(14)5-4-6-10(11)18-2/h4-8,12,17H,3H2,1-2H3. The highest BCUT2D eigenvalue weighted by Gasteiger charge is 2.23. The van der Waals surface area contributed by atoms with Crippen LogP contribution in [0.1, 0.15) is 24.4 Å². The molecule has 0 fully saturated rings. The molecule has 0 aliphatic rings. The first-order valence-electron chi connectivity index (χ1n) is 5.70. The molecular weight excluding hydrogens is 235 g/mol. The molecule has 0 amide bonds. The number of halogens is 1. The normalized spacial score (nSPS) is 12.4. The van der Waals surface area contributed by atoms with Gasteiger partial charge in [0.05, 0.1) is 12.7 Å². The fourth-order valence-corrected chi connectivity index (χ4v) is 1.93. The van der Waals surface area contributed by atoms with Crippen LogP contribution in [0.3, 0.4) is 0 Å². The number of methoxy groups -OCH3 is 1. The number of aromatic nitrogens is 2. The highest BCUT2D eigenvalue weighted by molar-refractivity contribution is 5.39.